The molecule has 10 heteroatoms. The first kappa shape index (κ1) is 30.0. The van der Waals surface area contributed by atoms with Gasteiger partial charge in [-0.15, -0.1) is 0 Å². The minimum absolute atomic E-state index is 0.109. The topological polar surface area (TPSA) is 116 Å². The van der Waals surface area contributed by atoms with Crippen LogP contribution in [0.25, 0.3) is 0 Å². The summed E-state index contributed by atoms with van der Waals surface area (Å²) < 4.78 is 39.2. The van der Waals surface area contributed by atoms with E-state index in [1.165, 1.54) is 46.3 Å². The van der Waals surface area contributed by atoms with Gasteiger partial charge in [-0.3, -0.25) is 14.4 Å². The Labute approximate surface area is 232 Å². The van der Waals surface area contributed by atoms with Crippen molar-refractivity contribution in [3.8, 4) is 23.0 Å². The molecule has 0 heterocycles. The van der Waals surface area contributed by atoms with Crippen LogP contribution in [0, 0.1) is 0 Å². The molecule has 0 saturated heterocycles. The Balaban J connectivity index is 1.96. The number of benzene rings is 3. The van der Waals surface area contributed by atoms with Crippen molar-refractivity contribution in [1.29, 1.82) is 0 Å². The minimum atomic E-state index is -1.03. The van der Waals surface area contributed by atoms with Crippen LogP contribution in [0.2, 0.25) is 0 Å². The number of ether oxygens (including phenoxy) is 7. The van der Waals surface area contributed by atoms with Gasteiger partial charge < -0.3 is 33.2 Å². The molecule has 10 nitrogen and oxygen atoms in total. The number of hydrogen-bond acceptors (Lipinski definition) is 10. The highest BCUT2D eigenvalue weighted by molar-refractivity contribution is 5.76. The monoisotopic (exact) mass is 552 g/mol. The SMILES string of the molecule is COCOc1cc(C=O)ccc1OC(COC(C)=O)C(OC(C)=O)c1ccc(OCc2ccccc2)c(OC)c1. The molecule has 0 bridgehead atoms. The highest BCUT2D eigenvalue weighted by Gasteiger charge is 2.31. The van der Waals surface area contributed by atoms with E-state index < -0.39 is 24.1 Å². The highest BCUT2D eigenvalue weighted by atomic mass is 16.7. The van der Waals surface area contributed by atoms with Gasteiger partial charge in [-0.2, -0.15) is 0 Å². The molecule has 0 N–H and O–H groups in total. The first-order valence-electron chi connectivity index (χ1n) is 12.4. The van der Waals surface area contributed by atoms with Crippen LogP contribution >= 0.6 is 0 Å². The molecule has 0 aliphatic rings. The lowest BCUT2D eigenvalue weighted by Gasteiger charge is -2.28. The Kier molecular flexibility index (Phi) is 11.3. The zero-order valence-corrected chi connectivity index (χ0v) is 22.8. The summed E-state index contributed by atoms with van der Waals surface area (Å²) in [5.74, 6) is 0.168. The molecule has 0 spiro atoms. The molecule has 0 aliphatic carbocycles. The van der Waals surface area contributed by atoms with Gasteiger partial charge in [-0.25, -0.2) is 0 Å². The Bertz CT molecular complexity index is 1270. The van der Waals surface area contributed by atoms with Gasteiger partial charge in [-0.1, -0.05) is 36.4 Å². The summed E-state index contributed by atoms with van der Waals surface area (Å²) in [7, 11) is 2.95. The lowest BCUT2D eigenvalue weighted by Crippen LogP contribution is -2.34. The molecule has 0 fully saturated rings. The highest BCUT2D eigenvalue weighted by Crippen LogP contribution is 2.36. The van der Waals surface area contributed by atoms with E-state index in [-0.39, 0.29) is 24.9 Å². The van der Waals surface area contributed by atoms with Crippen LogP contribution in [0.15, 0.2) is 66.7 Å². The van der Waals surface area contributed by atoms with Crippen molar-refractivity contribution in [3.05, 3.63) is 83.4 Å². The fourth-order valence-corrected chi connectivity index (χ4v) is 3.73. The number of methoxy groups -OCH3 is 2. The van der Waals surface area contributed by atoms with Gasteiger partial charge in [0.1, 0.15) is 19.5 Å². The van der Waals surface area contributed by atoms with Crippen molar-refractivity contribution >= 4 is 18.2 Å². The lowest BCUT2D eigenvalue weighted by molar-refractivity contribution is -0.157. The van der Waals surface area contributed by atoms with E-state index >= 15 is 0 Å². The van der Waals surface area contributed by atoms with E-state index in [0.29, 0.717) is 35.5 Å². The van der Waals surface area contributed by atoms with Crippen LogP contribution in [0.5, 0.6) is 23.0 Å². The molecule has 2 unspecified atom stereocenters. The number of carbonyl (C=O) groups excluding carboxylic acids is 3. The second-order valence-corrected chi connectivity index (χ2v) is 8.55. The molecule has 3 aromatic carbocycles. The zero-order valence-electron chi connectivity index (χ0n) is 22.8. The van der Waals surface area contributed by atoms with Crippen LogP contribution < -0.4 is 18.9 Å². The summed E-state index contributed by atoms with van der Waals surface area (Å²) >= 11 is 0. The Morgan fingerprint density at radius 1 is 0.825 bits per heavy atom. The molecule has 0 saturated carbocycles. The van der Waals surface area contributed by atoms with Gasteiger partial charge in [0, 0.05) is 32.1 Å². The number of carbonyl (C=O) groups is 3. The first-order chi connectivity index (χ1) is 19.3. The number of rotatable bonds is 15. The Hall–Kier alpha value is -4.57. The lowest BCUT2D eigenvalue weighted by atomic mass is 10.0. The molecule has 40 heavy (non-hydrogen) atoms. The maximum atomic E-state index is 12.2. The van der Waals surface area contributed by atoms with Crippen molar-refractivity contribution in [3.63, 3.8) is 0 Å². The summed E-state index contributed by atoms with van der Waals surface area (Å²) in [4.78, 5) is 35.2. The molecule has 0 aliphatic heterocycles. The van der Waals surface area contributed by atoms with Gasteiger partial charge in [0.05, 0.1) is 7.11 Å². The Morgan fingerprint density at radius 2 is 1.57 bits per heavy atom. The smallest absolute Gasteiger partial charge is 0.303 e. The minimum Gasteiger partial charge on any atom is -0.493 e. The first-order valence-corrected chi connectivity index (χ1v) is 12.4. The predicted octanol–water partition coefficient (Wildman–Crippen LogP) is 4.68. The van der Waals surface area contributed by atoms with Crippen LogP contribution in [0.3, 0.4) is 0 Å². The summed E-state index contributed by atoms with van der Waals surface area (Å²) in [5, 5.41) is 0. The maximum Gasteiger partial charge on any atom is 0.303 e. The number of esters is 2. The van der Waals surface area contributed by atoms with Crippen LogP contribution in [-0.2, 0) is 30.4 Å². The van der Waals surface area contributed by atoms with Crippen LogP contribution in [-0.4, -0.2) is 51.9 Å². The summed E-state index contributed by atoms with van der Waals surface area (Å²) in [5.41, 5.74) is 1.83. The van der Waals surface area contributed by atoms with Crippen LogP contribution in [0.4, 0.5) is 0 Å². The second-order valence-electron chi connectivity index (χ2n) is 8.55. The molecular formula is C30H32O10. The van der Waals surface area contributed by atoms with Gasteiger partial charge in [0.25, 0.3) is 0 Å². The third-order valence-corrected chi connectivity index (χ3v) is 5.55. The largest absolute Gasteiger partial charge is 0.493 e. The quantitative estimate of drug-likeness (QED) is 0.149. The molecule has 3 rings (SSSR count). The molecule has 0 aromatic heterocycles. The average Bonchev–Trinajstić information content (AvgIpc) is 2.96. The molecule has 3 aromatic rings. The second kappa shape index (κ2) is 15.1. The fraction of sp³-hybridized carbons (Fsp3) is 0.300. The Morgan fingerprint density at radius 3 is 2.23 bits per heavy atom. The summed E-state index contributed by atoms with van der Waals surface area (Å²) in [6.07, 6.45) is -1.38. The maximum absolute atomic E-state index is 12.2. The molecule has 212 valence electrons. The number of aldehydes is 1. The predicted molar refractivity (Wildman–Crippen MR) is 144 cm³/mol. The molecule has 0 amide bonds. The molecular weight excluding hydrogens is 520 g/mol. The summed E-state index contributed by atoms with van der Waals surface area (Å²) in [6, 6.07) is 19.3. The standard InChI is InChI=1S/C30H32O10/c1-20(32)36-18-29(40-26-12-10-23(16-31)14-28(26)38-19-34-3)30(39-21(2)33)24-11-13-25(27(15-24)35-4)37-17-22-8-6-5-7-9-22/h5-16,29-30H,17-19H2,1-4H3. The van der Waals surface area contributed by atoms with Crippen molar-refractivity contribution in [2.24, 2.45) is 0 Å². The van der Waals surface area contributed by atoms with Gasteiger partial charge in [-0.05, 0) is 35.9 Å². The van der Waals surface area contributed by atoms with E-state index in [2.05, 4.69) is 0 Å². The van der Waals surface area contributed by atoms with Crippen molar-refractivity contribution in [1.82, 2.24) is 0 Å². The van der Waals surface area contributed by atoms with Crippen molar-refractivity contribution in [2.45, 2.75) is 32.7 Å². The van der Waals surface area contributed by atoms with Gasteiger partial charge in [0.2, 0.25) is 0 Å². The third kappa shape index (κ3) is 8.74. The number of hydrogen-bond donors (Lipinski definition) is 0. The van der Waals surface area contributed by atoms with E-state index in [0.717, 1.165) is 5.56 Å². The van der Waals surface area contributed by atoms with Gasteiger partial charge >= 0.3 is 11.9 Å². The van der Waals surface area contributed by atoms with E-state index in [1.54, 1.807) is 18.2 Å². The summed E-state index contributed by atoms with van der Waals surface area (Å²) in [6.45, 7) is 2.47. The fourth-order valence-electron chi connectivity index (χ4n) is 3.73. The van der Waals surface area contributed by atoms with Gasteiger partial charge in [0.15, 0.2) is 42.0 Å². The molecule has 2 atom stereocenters. The van der Waals surface area contributed by atoms with E-state index in [4.69, 9.17) is 33.2 Å². The van der Waals surface area contributed by atoms with E-state index in [9.17, 15) is 14.4 Å². The normalized spacial score (nSPS) is 12.0. The zero-order chi connectivity index (χ0) is 28.9. The van der Waals surface area contributed by atoms with Crippen molar-refractivity contribution < 1.29 is 47.5 Å². The van der Waals surface area contributed by atoms with Crippen molar-refractivity contribution in [2.75, 3.05) is 27.6 Å². The third-order valence-electron chi connectivity index (χ3n) is 5.55. The molecule has 0 radical (unpaired) electrons. The average molecular weight is 553 g/mol. The van der Waals surface area contributed by atoms with Crippen LogP contribution in [0.1, 0.15) is 41.4 Å². The van der Waals surface area contributed by atoms with E-state index in [1.807, 2.05) is 30.3 Å².